The van der Waals surface area contributed by atoms with E-state index in [4.69, 9.17) is 14.4 Å². The standard InChI is InChI=1S/C21H19FN2O4/c1-15(8-9-16-10-12-18(22)13-11-16)23-28-14-17-6-4-5-7-19(17)20(24-27-3)21(25)26-2/h4-7,10-13H,14H2,1-3H3/b23-15+,24-20+. The van der Waals surface area contributed by atoms with Gasteiger partial charge >= 0.3 is 5.97 Å². The van der Waals surface area contributed by atoms with Gasteiger partial charge in [0.05, 0.1) is 7.11 Å². The molecule has 0 saturated heterocycles. The van der Waals surface area contributed by atoms with Crippen LogP contribution in [0.15, 0.2) is 58.8 Å². The van der Waals surface area contributed by atoms with Crippen molar-refractivity contribution >= 4 is 17.4 Å². The fourth-order valence-corrected chi connectivity index (χ4v) is 2.18. The number of ether oxygens (including phenoxy) is 1. The van der Waals surface area contributed by atoms with E-state index >= 15 is 0 Å². The monoisotopic (exact) mass is 382 g/mol. The summed E-state index contributed by atoms with van der Waals surface area (Å²) >= 11 is 0. The van der Waals surface area contributed by atoms with Crippen LogP contribution in [0.3, 0.4) is 0 Å². The second-order valence-corrected chi connectivity index (χ2v) is 5.48. The van der Waals surface area contributed by atoms with E-state index in [1.807, 2.05) is 0 Å². The minimum atomic E-state index is -0.626. The topological polar surface area (TPSA) is 69.5 Å². The summed E-state index contributed by atoms with van der Waals surface area (Å²) in [7, 11) is 2.61. The normalized spacial score (nSPS) is 11.3. The summed E-state index contributed by atoms with van der Waals surface area (Å²) < 4.78 is 17.6. The molecule has 0 amide bonds. The van der Waals surface area contributed by atoms with Crippen molar-refractivity contribution in [3.8, 4) is 11.8 Å². The molecule has 2 rings (SSSR count). The maximum absolute atomic E-state index is 12.9. The summed E-state index contributed by atoms with van der Waals surface area (Å²) in [5.41, 5.74) is 2.33. The van der Waals surface area contributed by atoms with Gasteiger partial charge < -0.3 is 14.4 Å². The minimum Gasteiger partial charge on any atom is -0.464 e. The van der Waals surface area contributed by atoms with E-state index in [1.165, 1.54) is 26.4 Å². The van der Waals surface area contributed by atoms with Crippen LogP contribution in [0.5, 0.6) is 0 Å². The van der Waals surface area contributed by atoms with Gasteiger partial charge in [0.2, 0.25) is 0 Å². The van der Waals surface area contributed by atoms with Gasteiger partial charge in [-0.1, -0.05) is 40.5 Å². The first-order valence-corrected chi connectivity index (χ1v) is 8.27. The Kier molecular flexibility index (Phi) is 7.73. The molecule has 0 fully saturated rings. The smallest absolute Gasteiger partial charge is 0.360 e. The van der Waals surface area contributed by atoms with Crippen LogP contribution in [0.4, 0.5) is 4.39 Å². The summed E-state index contributed by atoms with van der Waals surface area (Å²) in [5.74, 6) is 4.75. The van der Waals surface area contributed by atoms with Crippen LogP contribution in [0.25, 0.3) is 0 Å². The maximum atomic E-state index is 12.9. The Morgan fingerprint density at radius 3 is 2.46 bits per heavy atom. The van der Waals surface area contributed by atoms with Crippen LogP contribution in [0, 0.1) is 17.7 Å². The molecule has 2 aromatic rings. The second-order valence-electron chi connectivity index (χ2n) is 5.48. The van der Waals surface area contributed by atoms with Crippen LogP contribution in [0.1, 0.15) is 23.6 Å². The Morgan fingerprint density at radius 1 is 1.07 bits per heavy atom. The molecule has 0 spiro atoms. The van der Waals surface area contributed by atoms with Crippen molar-refractivity contribution in [1.29, 1.82) is 0 Å². The largest absolute Gasteiger partial charge is 0.464 e. The Morgan fingerprint density at radius 2 is 1.79 bits per heavy atom. The Bertz CT molecular complexity index is 941. The molecule has 0 atom stereocenters. The van der Waals surface area contributed by atoms with Crippen molar-refractivity contribution in [3.63, 3.8) is 0 Å². The highest BCUT2D eigenvalue weighted by Crippen LogP contribution is 2.13. The summed E-state index contributed by atoms with van der Waals surface area (Å²) in [4.78, 5) is 22.0. The van der Waals surface area contributed by atoms with E-state index < -0.39 is 5.97 Å². The third-order valence-corrected chi connectivity index (χ3v) is 3.49. The molecule has 0 heterocycles. The minimum absolute atomic E-state index is 0.0287. The first-order valence-electron chi connectivity index (χ1n) is 8.27. The van der Waals surface area contributed by atoms with Crippen LogP contribution >= 0.6 is 0 Å². The lowest BCUT2D eigenvalue weighted by molar-refractivity contribution is -0.132. The van der Waals surface area contributed by atoms with E-state index in [2.05, 4.69) is 22.2 Å². The van der Waals surface area contributed by atoms with Crippen LogP contribution in [-0.4, -0.2) is 31.6 Å². The molecule has 0 aliphatic rings. The number of oxime groups is 2. The fraction of sp³-hybridized carbons (Fsp3) is 0.190. The molecule has 0 aliphatic heterocycles. The average molecular weight is 382 g/mol. The number of rotatable bonds is 6. The van der Waals surface area contributed by atoms with Crippen molar-refractivity contribution < 1.29 is 23.6 Å². The Balaban J connectivity index is 2.11. The number of methoxy groups -OCH3 is 1. The van der Waals surface area contributed by atoms with Gasteiger partial charge in [0, 0.05) is 16.7 Å². The summed E-state index contributed by atoms with van der Waals surface area (Å²) in [6.45, 7) is 1.78. The van der Waals surface area contributed by atoms with Crippen molar-refractivity contribution in [2.45, 2.75) is 13.5 Å². The van der Waals surface area contributed by atoms with Gasteiger partial charge in [-0.05, 0) is 37.1 Å². The zero-order chi connectivity index (χ0) is 20.4. The van der Waals surface area contributed by atoms with Gasteiger partial charge in [-0.15, -0.1) is 0 Å². The van der Waals surface area contributed by atoms with Crippen LogP contribution in [-0.2, 0) is 25.8 Å². The van der Waals surface area contributed by atoms with Crippen molar-refractivity contribution in [2.24, 2.45) is 10.3 Å². The highest BCUT2D eigenvalue weighted by molar-refractivity contribution is 6.43. The number of hydrogen-bond acceptors (Lipinski definition) is 6. The van der Waals surface area contributed by atoms with E-state index in [1.54, 1.807) is 43.3 Å². The van der Waals surface area contributed by atoms with Gasteiger partial charge in [0.15, 0.2) is 5.71 Å². The van der Waals surface area contributed by atoms with E-state index in [0.29, 0.717) is 22.4 Å². The number of carbonyl (C=O) groups excluding carboxylic acids is 1. The predicted molar refractivity (Wildman–Crippen MR) is 103 cm³/mol. The Hall–Kier alpha value is -3.66. The molecule has 6 nitrogen and oxygen atoms in total. The van der Waals surface area contributed by atoms with Crippen molar-refractivity contribution in [2.75, 3.05) is 14.2 Å². The van der Waals surface area contributed by atoms with Gasteiger partial charge in [-0.25, -0.2) is 9.18 Å². The van der Waals surface area contributed by atoms with E-state index in [-0.39, 0.29) is 18.1 Å². The number of nitrogens with zero attached hydrogens (tertiary/aromatic N) is 2. The highest BCUT2D eigenvalue weighted by Gasteiger charge is 2.19. The van der Waals surface area contributed by atoms with Gasteiger partial charge in [-0.3, -0.25) is 0 Å². The lowest BCUT2D eigenvalue weighted by atomic mass is 10.0. The zero-order valence-electron chi connectivity index (χ0n) is 15.7. The van der Waals surface area contributed by atoms with Gasteiger partial charge in [0.1, 0.15) is 25.2 Å². The van der Waals surface area contributed by atoms with Gasteiger partial charge in [0.25, 0.3) is 0 Å². The first-order chi connectivity index (χ1) is 13.5. The Labute approximate surface area is 162 Å². The fourth-order valence-electron chi connectivity index (χ4n) is 2.18. The third kappa shape index (κ3) is 5.95. The number of carbonyl (C=O) groups is 1. The molecule has 0 aliphatic carbocycles. The molecule has 7 heteroatoms. The summed E-state index contributed by atoms with van der Waals surface area (Å²) in [6, 6.07) is 12.9. The quantitative estimate of drug-likeness (QED) is 0.333. The van der Waals surface area contributed by atoms with Crippen molar-refractivity contribution in [3.05, 3.63) is 71.0 Å². The maximum Gasteiger partial charge on any atom is 0.360 e. The molecule has 0 radical (unpaired) electrons. The second kappa shape index (κ2) is 10.5. The number of hydrogen-bond donors (Lipinski definition) is 0. The molecule has 0 bridgehead atoms. The average Bonchev–Trinajstić information content (AvgIpc) is 2.71. The molecule has 2 aromatic carbocycles. The third-order valence-electron chi connectivity index (χ3n) is 3.49. The molecular weight excluding hydrogens is 363 g/mol. The van der Waals surface area contributed by atoms with Gasteiger partial charge in [-0.2, -0.15) is 0 Å². The highest BCUT2D eigenvalue weighted by atomic mass is 19.1. The first kappa shape index (κ1) is 20.6. The SMILES string of the molecule is CO/N=C(/C(=O)OC)c1ccccc1CO/N=C(\C)C#Cc1ccc(F)cc1. The molecule has 144 valence electrons. The van der Waals surface area contributed by atoms with Crippen LogP contribution in [0.2, 0.25) is 0 Å². The molecule has 0 aromatic heterocycles. The summed E-state index contributed by atoms with van der Waals surface area (Å²) in [6.07, 6.45) is 0. The number of esters is 1. The van der Waals surface area contributed by atoms with E-state index in [9.17, 15) is 9.18 Å². The lowest BCUT2D eigenvalue weighted by Gasteiger charge is -2.09. The molecular formula is C21H19FN2O4. The number of halogens is 1. The van der Waals surface area contributed by atoms with E-state index in [0.717, 1.165) is 0 Å². The van der Waals surface area contributed by atoms with Crippen LogP contribution < -0.4 is 0 Å². The zero-order valence-corrected chi connectivity index (χ0v) is 15.7. The molecule has 28 heavy (non-hydrogen) atoms. The number of benzene rings is 2. The molecule has 0 unspecified atom stereocenters. The predicted octanol–water partition coefficient (Wildman–Crippen LogP) is 3.29. The summed E-state index contributed by atoms with van der Waals surface area (Å²) in [5, 5.41) is 7.69. The molecule has 0 saturated carbocycles. The van der Waals surface area contributed by atoms with Crippen molar-refractivity contribution in [1.82, 2.24) is 0 Å². The lowest BCUT2D eigenvalue weighted by Crippen LogP contribution is -2.19. The molecule has 0 N–H and O–H groups in total.